The van der Waals surface area contributed by atoms with Crippen molar-refractivity contribution in [3.63, 3.8) is 0 Å². The van der Waals surface area contributed by atoms with Crippen molar-refractivity contribution < 1.29 is 35.5 Å². The summed E-state index contributed by atoms with van der Waals surface area (Å²) in [4.78, 5) is 11.8. The second kappa shape index (κ2) is 8.15. The minimum absolute atomic E-state index is 0.359. The Balaban J connectivity index is 2.58. The Labute approximate surface area is 158 Å². The molecule has 0 spiro atoms. The smallest absolute Gasteiger partial charge is 0.437 e. The lowest BCUT2D eigenvalue weighted by atomic mass is 10.1. The first-order valence-electron chi connectivity index (χ1n) is 7.88. The Morgan fingerprint density at radius 2 is 1.61 bits per heavy atom. The zero-order valence-electron chi connectivity index (χ0n) is 14.5. The number of carbonyl (C=O) groups excluding carboxylic acids is 1. The lowest BCUT2D eigenvalue weighted by molar-refractivity contribution is -0.202. The summed E-state index contributed by atoms with van der Waals surface area (Å²) in [5.41, 5.74) is -4.20. The third-order valence-corrected chi connectivity index (χ3v) is 4.99. The predicted octanol–water partition coefficient (Wildman–Crippen LogP) is 3.04. The monoisotopic (exact) mass is 420 g/mol. The summed E-state index contributed by atoms with van der Waals surface area (Å²) in [5, 5.41) is 1.81. The Bertz CT molecular complexity index is 918. The number of nitrogens with one attached hydrogen (secondary N) is 2. The summed E-state index contributed by atoms with van der Waals surface area (Å²) in [6.07, 6.45) is -5.45. The standard InChI is InChI=1S/C17H16F4N2O4S/c1-2-27-15(24)16(17(19,20)21,22-13-10-8-12(18)9-11-13)23-28(25,26)14-6-4-3-5-7-14/h3-11,22-23H,2H2,1H3/t16-/m0/s1. The van der Waals surface area contributed by atoms with Crippen molar-refractivity contribution >= 4 is 21.7 Å². The molecule has 11 heteroatoms. The fourth-order valence-corrected chi connectivity index (χ4v) is 3.50. The highest BCUT2D eigenvalue weighted by Gasteiger charge is 2.64. The predicted molar refractivity (Wildman–Crippen MR) is 92.2 cm³/mol. The molecule has 1 atom stereocenters. The molecule has 0 aromatic heterocycles. The first-order valence-corrected chi connectivity index (χ1v) is 9.37. The third-order valence-electron chi connectivity index (χ3n) is 3.52. The molecule has 0 aliphatic rings. The molecular formula is C17H16F4N2O4S. The quantitative estimate of drug-likeness (QED) is 0.409. The lowest BCUT2D eigenvalue weighted by Crippen LogP contribution is -2.69. The Hall–Kier alpha value is -2.66. The first kappa shape index (κ1) is 21.6. The average Bonchev–Trinajstić information content (AvgIpc) is 2.63. The van der Waals surface area contributed by atoms with Gasteiger partial charge in [0.15, 0.2) is 0 Å². The lowest BCUT2D eigenvalue weighted by Gasteiger charge is -2.35. The molecule has 152 valence electrons. The van der Waals surface area contributed by atoms with Gasteiger partial charge in [0.05, 0.1) is 11.5 Å². The fourth-order valence-electron chi connectivity index (χ4n) is 2.21. The van der Waals surface area contributed by atoms with E-state index in [1.165, 1.54) is 29.8 Å². The topological polar surface area (TPSA) is 84.5 Å². The first-order chi connectivity index (χ1) is 13.0. The molecule has 0 unspecified atom stereocenters. The molecule has 2 aromatic carbocycles. The van der Waals surface area contributed by atoms with E-state index in [1.54, 1.807) is 0 Å². The van der Waals surface area contributed by atoms with Crippen molar-refractivity contribution in [1.82, 2.24) is 4.72 Å². The molecule has 0 radical (unpaired) electrons. The highest BCUT2D eigenvalue weighted by molar-refractivity contribution is 7.89. The van der Waals surface area contributed by atoms with E-state index in [4.69, 9.17) is 0 Å². The molecule has 0 amide bonds. The molecule has 0 saturated carbocycles. The number of carbonyl (C=O) groups is 1. The van der Waals surface area contributed by atoms with Gasteiger partial charge in [-0.25, -0.2) is 17.6 Å². The largest absolute Gasteiger partial charge is 0.463 e. The SMILES string of the molecule is CCOC(=O)[C@](Nc1ccc(F)cc1)(NS(=O)(=O)c1ccccc1)C(F)(F)F. The molecule has 0 bridgehead atoms. The van der Waals surface area contributed by atoms with E-state index < -0.39 is 45.2 Å². The maximum atomic E-state index is 14.0. The van der Waals surface area contributed by atoms with E-state index in [9.17, 15) is 30.8 Å². The molecule has 0 aliphatic carbocycles. The van der Waals surface area contributed by atoms with Crippen LogP contribution in [-0.2, 0) is 19.6 Å². The van der Waals surface area contributed by atoms with E-state index in [0.29, 0.717) is 0 Å². The summed E-state index contributed by atoms with van der Waals surface area (Å²) in [7, 11) is -4.80. The van der Waals surface area contributed by atoms with E-state index in [1.807, 2.05) is 5.32 Å². The van der Waals surface area contributed by atoms with Crippen molar-refractivity contribution in [3.05, 3.63) is 60.4 Å². The van der Waals surface area contributed by atoms with Gasteiger partial charge in [0.2, 0.25) is 10.0 Å². The Kier molecular flexibility index (Phi) is 6.30. The van der Waals surface area contributed by atoms with E-state index >= 15 is 0 Å². The minimum Gasteiger partial charge on any atom is -0.463 e. The van der Waals surface area contributed by atoms with Gasteiger partial charge in [0.25, 0.3) is 5.66 Å². The molecule has 6 nitrogen and oxygen atoms in total. The van der Waals surface area contributed by atoms with E-state index in [-0.39, 0.29) is 5.69 Å². The third kappa shape index (κ3) is 4.60. The van der Waals surface area contributed by atoms with Gasteiger partial charge in [-0.05, 0) is 43.3 Å². The van der Waals surface area contributed by atoms with Crippen molar-refractivity contribution in [2.45, 2.75) is 23.7 Å². The maximum absolute atomic E-state index is 14.0. The van der Waals surface area contributed by atoms with Crippen LogP contribution >= 0.6 is 0 Å². The molecule has 0 fully saturated rings. The summed E-state index contributed by atoms with van der Waals surface area (Å²) in [5.74, 6) is -2.64. The summed E-state index contributed by atoms with van der Waals surface area (Å²) < 4.78 is 86.0. The number of esters is 1. The van der Waals surface area contributed by atoms with Crippen LogP contribution in [0.15, 0.2) is 59.5 Å². The van der Waals surface area contributed by atoms with Gasteiger partial charge in [0, 0.05) is 5.69 Å². The van der Waals surface area contributed by atoms with E-state index in [0.717, 1.165) is 36.4 Å². The second-order valence-electron chi connectivity index (χ2n) is 5.52. The van der Waals surface area contributed by atoms with Gasteiger partial charge < -0.3 is 10.1 Å². The highest BCUT2D eigenvalue weighted by Crippen LogP contribution is 2.34. The van der Waals surface area contributed by atoms with Gasteiger partial charge in [-0.3, -0.25) is 0 Å². The van der Waals surface area contributed by atoms with Crippen LogP contribution in [0.4, 0.5) is 23.2 Å². The van der Waals surface area contributed by atoms with Crippen LogP contribution in [0, 0.1) is 5.82 Å². The average molecular weight is 420 g/mol. The number of ether oxygens (including phenoxy) is 1. The number of anilines is 1. The van der Waals surface area contributed by atoms with Gasteiger partial charge in [-0.1, -0.05) is 18.2 Å². The number of hydrogen-bond acceptors (Lipinski definition) is 5. The second-order valence-corrected chi connectivity index (χ2v) is 7.20. The fraction of sp³-hybridized carbons (Fsp3) is 0.235. The molecule has 0 aliphatic heterocycles. The number of rotatable bonds is 7. The number of benzene rings is 2. The van der Waals surface area contributed by atoms with Crippen molar-refractivity contribution in [1.29, 1.82) is 0 Å². The van der Waals surface area contributed by atoms with Crippen LogP contribution in [0.1, 0.15) is 6.92 Å². The van der Waals surface area contributed by atoms with Crippen LogP contribution < -0.4 is 10.0 Å². The van der Waals surface area contributed by atoms with Gasteiger partial charge in [0.1, 0.15) is 5.82 Å². The molecule has 0 saturated heterocycles. The van der Waals surface area contributed by atoms with Crippen LogP contribution in [0.2, 0.25) is 0 Å². The zero-order chi connectivity index (χ0) is 21.0. The maximum Gasteiger partial charge on any atom is 0.437 e. The molecule has 2 aromatic rings. The van der Waals surface area contributed by atoms with Crippen LogP contribution in [0.3, 0.4) is 0 Å². The van der Waals surface area contributed by atoms with E-state index in [2.05, 4.69) is 4.74 Å². The molecule has 0 heterocycles. The van der Waals surface area contributed by atoms with Crippen LogP contribution in [-0.4, -0.2) is 32.8 Å². The van der Waals surface area contributed by atoms with Gasteiger partial charge >= 0.3 is 12.1 Å². The summed E-state index contributed by atoms with van der Waals surface area (Å²) in [6.45, 7) is 0.831. The Morgan fingerprint density at radius 3 is 2.11 bits per heavy atom. The highest BCUT2D eigenvalue weighted by atomic mass is 32.2. The van der Waals surface area contributed by atoms with Crippen LogP contribution in [0.25, 0.3) is 0 Å². The summed E-state index contributed by atoms with van der Waals surface area (Å²) in [6, 6.07) is 9.75. The number of hydrogen-bond donors (Lipinski definition) is 2. The van der Waals surface area contributed by atoms with Crippen molar-refractivity contribution in [3.8, 4) is 0 Å². The van der Waals surface area contributed by atoms with Crippen molar-refractivity contribution in [2.75, 3.05) is 11.9 Å². The molecular weight excluding hydrogens is 404 g/mol. The zero-order valence-corrected chi connectivity index (χ0v) is 15.3. The molecule has 2 N–H and O–H groups in total. The minimum atomic E-state index is -5.45. The number of halogens is 4. The number of alkyl halides is 3. The molecule has 2 rings (SSSR count). The molecule has 28 heavy (non-hydrogen) atoms. The Morgan fingerprint density at radius 1 is 1.04 bits per heavy atom. The normalized spacial score (nSPS) is 14.2. The van der Waals surface area contributed by atoms with Crippen molar-refractivity contribution in [2.24, 2.45) is 0 Å². The van der Waals surface area contributed by atoms with Gasteiger partial charge in [-0.15, -0.1) is 0 Å². The van der Waals surface area contributed by atoms with Gasteiger partial charge in [-0.2, -0.15) is 17.9 Å². The van der Waals surface area contributed by atoms with Crippen LogP contribution in [0.5, 0.6) is 0 Å². The number of sulfonamides is 1. The summed E-state index contributed by atoms with van der Waals surface area (Å²) >= 11 is 0.